The van der Waals surface area contributed by atoms with E-state index in [4.69, 9.17) is 4.52 Å². The molecule has 0 amide bonds. The van der Waals surface area contributed by atoms with Crippen LogP contribution in [0.4, 0.5) is 0 Å². The molecule has 0 saturated heterocycles. The number of carbonyl (C=O) groups is 1. The topological polar surface area (TPSA) is 52.6 Å². The Bertz CT molecular complexity index is 126. The predicted molar refractivity (Wildman–Crippen MR) is 40.5 cm³/mol. The largest absolute Gasteiger partial charge is 0.697 e. The highest BCUT2D eigenvalue weighted by Crippen LogP contribution is 2.22. The quantitative estimate of drug-likeness (QED) is 0.339. The van der Waals surface area contributed by atoms with Gasteiger partial charge in [0.2, 0.25) is 0 Å². The van der Waals surface area contributed by atoms with Crippen LogP contribution in [-0.4, -0.2) is 19.5 Å². The van der Waals surface area contributed by atoms with Gasteiger partial charge in [-0.3, -0.25) is 0 Å². The molecule has 0 aromatic carbocycles. The summed E-state index contributed by atoms with van der Waals surface area (Å²) in [4.78, 5) is 9.82. The fraction of sp³-hybridized carbons (Fsp3) is 0.833. The van der Waals surface area contributed by atoms with E-state index in [1.807, 2.05) is 0 Å². The minimum atomic E-state index is -1.96. The third-order valence-corrected chi connectivity index (χ3v) is 1.76. The van der Waals surface area contributed by atoms with Crippen LogP contribution >= 0.6 is 8.25 Å². The van der Waals surface area contributed by atoms with Crippen LogP contribution in [0.1, 0.15) is 19.8 Å². The van der Waals surface area contributed by atoms with E-state index in [1.54, 1.807) is 6.92 Å². The van der Waals surface area contributed by atoms with Gasteiger partial charge in [-0.25, -0.2) is 0 Å². The van der Waals surface area contributed by atoms with Crippen molar-refractivity contribution in [2.45, 2.75) is 19.8 Å². The lowest BCUT2D eigenvalue weighted by molar-refractivity contribution is -0.108. The van der Waals surface area contributed by atoms with Crippen LogP contribution in [0.25, 0.3) is 0 Å². The molecular weight excluding hydrogens is 167 g/mol. The molecule has 0 aliphatic rings. The Kier molecular flexibility index (Phi) is 7.57. The smallest absolute Gasteiger partial charge is 0.303 e. The molecule has 0 spiro atoms. The first-order valence-electron chi connectivity index (χ1n) is 3.48. The summed E-state index contributed by atoms with van der Waals surface area (Å²) in [6.45, 7) is 2.43. The van der Waals surface area contributed by atoms with Crippen molar-refractivity contribution in [1.82, 2.24) is 0 Å². The summed E-state index contributed by atoms with van der Waals surface area (Å²) < 4.78 is 20.0. The second-order valence-electron chi connectivity index (χ2n) is 1.78. The lowest BCUT2D eigenvalue weighted by atomic mass is 10.4. The SMILES string of the molecule is CCO[P+](=O)OCCCC=O. The predicted octanol–water partition coefficient (Wildman–Crippen LogP) is 1.68. The first-order valence-corrected chi connectivity index (χ1v) is 4.57. The Hall–Kier alpha value is -0.310. The molecule has 0 aromatic rings. The summed E-state index contributed by atoms with van der Waals surface area (Å²) in [6.07, 6.45) is 1.84. The van der Waals surface area contributed by atoms with E-state index < -0.39 is 8.25 Å². The molecule has 11 heavy (non-hydrogen) atoms. The summed E-state index contributed by atoms with van der Waals surface area (Å²) in [5.74, 6) is 0. The molecule has 0 saturated carbocycles. The molecule has 0 aliphatic heterocycles. The fourth-order valence-corrected chi connectivity index (χ4v) is 1.01. The molecule has 0 fully saturated rings. The van der Waals surface area contributed by atoms with Crippen LogP contribution < -0.4 is 0 Å². The molecule has 0 rings (SSSR count). The van der Waals surface area contributed by atoms with E-state index in [-0.39, 0.29) is 0 Å². The minimum absolute atomic E-state index is 0.313. The molecule has 0 heterocycles. The number of aldehydes is 1. The summed E-state index contributed by atoms with van der Waals surface area (Å²) in [7, 11) is -1.96. The number of hydrogen-bond acceptors (Lipinski definition) is 4. The Balaban J connectivity index is 3.10. The maximum absolute atomic E-state index is 10.6. The van der Waals surface area contributed by atoms with Gasteiger partial charge in [-0.2, -0.15) is 0 Å². The van der Waals surface area contributed by atoms with E-state index in [1.165, 1.54) is 0 Å². The van der Waals surface area contributed by atoms with Gasteiger partial charge >= 0.3 is 8.25 Å². The first kappa shape index (κ1) is 10.7. The maximum atomic E-state index is 10.6. The van der Waals surface area contributed by atoms with Crippen molar-refractivity contribution >= 4 is 14.5 Å². The van der Waals surface area contributed by atoms with Crippen LogP contribution in [0.5, 0.6) is 0 Å². The van der Waals surface area contributed by atoms with Crippen molar-refractivity contribution in [3.05, 3.63) is 0 Å². The summed E-state index contributed by atoms with van der Waals surface area (Å²) in [5.41, 5.74) is 0. The highest BCUT2D eigenvalue weighted by atomic mass is 31.1. The standard InChI is InChI=1S/C6H12O4P/c1-2-9-11(8)10-6-4-3-5-7/h5H,2-4,6H2,1H3/q+1. The molecule has 1 atom stereocenters. The van der Waals surface area contributed by atoms with Gasteiger partial charge in [-0.1, -0.05) is 0 Å². The van der Waals surface area contributed by atoms with Gasteiger partial charge in [0.05, 0.1) is 0 Å². The third kappa shape index (κ3) is 7.59. The number of unbranched alkanes of at least 4 members (excludes halogenated alkanes) is 1. The number of carbonyl (C=O) groups excluding carboxylic acids is 1. The van der Waals surface area contributed by atoms with E-state index in [0.29, 0.717) is 26.1 Å². The van der Waals surface area contributed by atoms with Gasteiger partial charge in [-0.15, -0.1) is 9.05 Å². The second-order valence-corrected chi connectivity index (χ2v) is 2.75. The van der Waals surface area contributed by atoms with Crippen LogP contribution in [0.2, 0.25) is 0 Å². The Morgan fingerprint density at radius 2 is 2.18 bits per heavy atom. The zero-order valence-electron chi connectivity index (χ0n) is 6.49. The van der Waals surface area contributed by atoms with E-state index >= 15 is 0 Å². The highest BCUT2D eigenvalue weighted by molar-refractivity contribution is 7.33. The highest BCUT2D eigenvalue weighted by Gasteiger charge is 2.17. The zero-order valence-corrected chi connectivity index (χ0v) is 7.38. The number of hydrogen-bond donors (Lipinski definition) is 0. The van der Waals surface area contributed by atoms with Gasteiger partial charge < -0.3 is 4.79 Å². The van der Waals surface area contributed by atoms with Crippen molar-refractivity contribution in [2.75, 3.05) is 13.2 Å². The first-order chi connectivity index (χ1) is 5.31. The van der Waals surface area contributed by atoms with E-state index in [9.17, 15) is 9.36 Å². The summed E-state index contributed by atoms with van der Waals surface area (Å²) >= 11 is 0. The van der Waals surface area contributed by atoms with Crippen molar-refractivity contribution < 1.29 is 18.4 Å². The zero-order chi connectivity index (χ0) is 8.53. The fourth-order valence-electron chi connectivity index (χ4n) is 0.448. The lowest BCUT2D eigenvalue weighted by Crippen LogP contribution is -1.89. The number of rotatable bonds is 7. The van der Waals surface area contributed by atoms with Gasteiger partial charge in [0.15, 0.2) is 0 Å². The molecule has 0 aromatic heterocycles. The van der Waals surface area contributed by atoms with Gasteiger partial charge in [-0.05, 0) is 13.3 Å². The average Bonchev–Trinajstić information content (AvgIpc) is 1.99. The van der Waals surface area contributed by atoms with Crippen molar-refractivity contribution in [2.24, 2.45) is 0 Å². The normalized spacial score (nSPS) is 11.2. The molecule has 4 nitrogen and oxygen atoms in total. The third-order valence-electron chi connectivity index (χ3n) is 0.898. The van der Waals surface area contributed by atoms with Gasteiger partial charge in [0.1, 0.15) is 19.5 Å². The van der Waals surface area contributed by atoms with Crippen LogP contribution in [-0.2, 0) is 18.4 Å². The summed E-state index contributed by atoms with van der Waals surface area (Å²) in [6, 6.07) is 0. The molecule has 0 bridgehead atoms. The molecule has 1 unspecified atom stereocenters. The average molecular weight is 179 g/mol. The van der Waals surface area contributed by atoms with Crippen LogP contribution in [0, 0.1) is 0 Å². The molecular formula is C6H12O4P+. The van der Waals surface area contributed by atoms with E-state index in [2.05, 4.69) is 4.52 Å². The van der Waals surface area contributed by atoms with Crippen molar-refractivity contribution in [1.29, 1.82) is 0 Å². The Morgan fingerprint density at radius 3 is 2.73 bits per heavy atom. The van der Waals surface area contributed by atoms with Crippen LogP contribution in [0.3, 0.4) is 0 Å². The summed E-state index contributed by atoms with van der Waals surface area (Å²) in [5, 5.41) is 0. The monoisotopic (exact) mass is 179 g/mol. The maximum Gasteiger partial charge on any atom is 0.697 e. The van der Waals surface area contributed by atoms with Gasteiger partial charge in [0, 0.05) is 11.0 Å². The molecule has 0 N–H and O–H groups in total. The molecule has 0 radical (unpaired) electrons. The van der Waals surface area contributed by atoms with E-state index in [0.717, 1.165) is 6.29 Å². The van der Waals surface area contributed by atoms with Crippen molar-refractivity contribution in [3.63, 3.8) is 0 Å². The van der Waals surface area contributed by atoms with Crippen molar-refractivity contribution in [3.8, 4) is 0 Å². The Morgan fingerprint density at radius 1 is 1.45 bits per heavy atom. The lowest BCUT2D eigenvalue weighted by Gasteiger charge is -1.86. The minimum Gasteiger partial charge on any atom is -0.303 e. The van der Waals surface area contributed by atoms with Gasteiger partial charge in [0.25, 0.3) is 0 Å². The Labute approximate surface area is 66.8 Å². The molecule has 64 valence electrons. The second kappa shape index (κ2) is 7.79. The molecule has 0 aliphatic carbocycles. The van der Waals surface area contributed by atoms with Crippen LogP contribution in [0.15, 0.2) is 0 Å². The molecule has 5 heteroatoms.